The Kier molecular flexibility index (Phi) is 4.25. The van der Waals surface area contributed by atoms with Crippen LogP contribution in [0.15, 0.2) is 0 Å². The Bertz CT molecular complexity index is 701. The maximum Gasteiger partial charge on any atom is 0.201 e. The molecular formula is C19H31NO6S. The Morgan fingerprint density at radius 2 is 1.74 bits per heavy atom. The summed E-state index contributed by atoms with van der Waals surface area (Å²) < 4.78 is 36.7. The maximum atomic E-state index is 11.9. The van der Waals surface area contributed by atoms with E-state index in [4.69, 9.17) is 19.2 Å². The Balaban J connectivity index is 1.48. The van der Waals surface area contributed by atoms with Crippen LogP contribution >= 0.6 is 0 Å². The Morgan fingerprint density at radius 3 is 2.48 bits per heavy atom. The highest BCUT2D eigenvalue weighted by Gasteiger charge is 2.69. The number of fused-ring (bicyclic) bond motifs is 2. The molecule has 8 unspecified atom stereocenters. The molecule has 0 aromatic heterocycles. The second kappa shape index (κ2) is 6.12. The third-order valence-electron chi connectivity index (χ3n) is 7.86. The number of hydrogen-bond acceptors (Lipinski definition) is 7. The lowest BCUT2D eigenvalue weighted by atomic mass is 9.58. The Hall–Kier alpha value is -0.250. The van der Waals surface area contributed by atoms with Gasteiger partial charge in [0.05, 0.1) is 11.5 Å². The van der Waals surface area contributed by atoms with E-state index < -0.39 is 27.5 Å². The van der Waals surface area contributed by atoms with Crippen LogP contribution in [-0.4, -0.2) is 61.8 Å². The fraction of sp³-hybridized carbons (Fsp3) is 1.00. The molecule has 0 aromatic carbocycles. The molecule has 0 amide bonds. The van der Waals surface area contributed by atoms with Crippen LogP contribution in [0.5, 0.6) is 0 Å². The van der Waals surface area contributed by atoms with Crippen LogP contribution in [0.2, 0.25) is 0 Å². The zero-order valence-electron chi connectivity index (χ0n) is 16.4. The predicted molar refractivity (Wildman–Crippen MR) is 97.1 cm³/mol. The van der Waals surface area contributed by atoms with Gasteiger partial charge in [-0.15, -0.1) is 0 Å². The third kappa shape index (κ3) is 2.74. The van der Waals surface area contributed by atoms with Crippen LogP contribution in [0.25, 0.3) is 0 Å². The topological polar surface area (TPSA) is 74.3 Å². The smallest absolute Gasteiger partial charge is 0.201 e. The van der Waals surface area contributed by atoms with E-state index >= 15 is 0 Å². The van der Waals surface area contributed by atoms with Crippen LogP contribution in [-0.2, 0) is 29.1 Å². The first-order valence-electron chi connectivity index (χ1n) is 10.4. The fourth-order valence-electron chi connectivity index (χ4n) is 6.29. The predicted octanol–water partition coefficient (Wildman–Crippen LogP) is 1.92. The van der Waals surface area contributed by atoms with Crippen molar-refractivity contribution in [3.05, 3.63) is 0 Å². The summed E-state index contributed by atoms with van der Waals surface area (Å²) in [6.07, 6.45) is 3.46. The highest BCUT2D eigenvalue weighted by atomic mass is 32.2. The van der Waals surface area contributed by atoms with Crippen LogP contribution < -0.4 is 0 Å². The number of rotatable bonds is 1. The molecule has 6 fully saturated rings. The van der Waals surface area contributed by atoms with Crippen molar-refractivity contribution in [1.82, 2.24) is 4.90 Å². The molecule has 0 aromatic rings. The number of ether oxygens (including phenoxy) is 2. The molecule has 1 spiro atoms. The molecule has 7 nitrogen and oxygen atoms in total. The molecule has 154 valence electrons. The molecular weight excluding hydrogens is 370 g/mol. The van der Waals surface area contributed by atoms with Crippen LogP contribution in [0.3, 0.4) is 0 Å². The van der Waals surface area contributed by atoms with Gasteiger partial charge in [0.2, 0.25) is 5.79 Å². The highest BCUT2D eigenvalue weighted by molar-refractivity contribution is 7.91. The van der Waals surface area contributed by atoms with Gasteiger partial charge >= 0.3 is 0 Å². The van der Waals surface area contributed by atoms with E-state index in [-0.39, 0.29) is 29.6 Å². The Morgan fingerprint density at radius 1 is 1.00 bits per heavy atom. The fourth-order valence-corrected chi connectivity index (χ4v) is 7.51. The molecule has 2 bridgehead atoms. The van der Waals surface area contributed by atoms with Crippen LogP contribution in [0, 0.1) is 23.7 Å². The van der Waals surface area contributed by atoms with Gasteiger partial charge in [0, 0.05) is 31.3 Å². The molecule has 1 saturated carbocycles. The molecule has 27 heavy (non-hydrogen) atoms. The molecule has 8 heteroatoms. The molecule has 8 atom stereocenters. The maximum absolute atomic E-state index is 11.9. The molecule has 1 aliphatic carbocycles. The summed E-state index contributed by atoms with van der Waals surface area (Å²) in [4.78, 5) is 14.2. The summed E-state index contributed by atoms with van der Waals surface area (Å²) in [6, 6.07) is 0. The number of nitrogens with zero attached hydrogens (tertiary/aromatic N) is 1. The minimum atomic E-state index is -2.92. The van der Waals surface area contributed by atoms with E-state index in [1.807, 2.05) is 6.92 Å². The molecule has 6 aliphatic rings. The summed E-state index contributed by atoms with van der Waals surface area (Å²) in [6.45, 7) is 7.51. The lowest BCUT2D eigenvalue weighted by Gasteiger charge is -2.61. The second-order valence-electron chi connectivity index (χ2n) is 9.48. The van der Waals surface area contributed by atoms with E-state index in [9.17, 15) is 8.42 Å². The first-order chi connectivity index (χ1) is 12.7. The van der Waals surface area contributed by atoms with Gasteiger partial charge in [-0.1, -0.05) is 13.8 Å². The van der Waals surface area contributed by atoms with Gasteiger partial charge in [-0.2, -0.15) is 0 Å². The third-order valence-corrected chi connectivity index (χ3v) is 9.47. The summed E-state index contributed by atoms with van der Waals surface area (Å²) >= 11 is 0. The molecule has 0 radical (unpaired) electrons. The quantitative estimate of drug-likeness (QED) is 0.622. The lowest BCUT2D eigenvalue weighted by molar-refractivity contribution is -0.574. The van der Waals surface area contributed by atoms with Crippen molar-refractivity contribution in [3.8, 4) is 0 Å². The average molecular weight is 402 g/mol. The van der Waals surface area contributed by atoms with Gasteiger partial charge in [0.1, 0.15) is 6.23 Å². The summed E-state index contributed by atoms with van der Waals surface area (Å²) in [7, 11) is -2.92. The van der Waals surface area contributed by atoms with E-state index in [0.717, 1.165) is 19.3 Å². The van der Waals surface area contributed by atoms with Gasteiger partial charge in [0.15, 0.2) is 21.7 Å². The van der Waals surface area contributed by atoms with Gasteiger partial charge in [0.25, 0.3) is 0 Å². The number of hydrogen-bond donors (Lipinski definition) is 0. The van der Waals surface area contributed by atoms with Gasteiger partial charge in [-0.25, -0.2) is 18.2 Å². The molecule has 5 aliphatic heterocycles. The van der Waals surface area contributed by atoms with Crippen molar-refractivity contribution in [2.24, 2.45) is 23.7 Å². The van der Waals surface area contributed by atoms with Crippen molar-refractivity contribution in [2.75, 3.05) is 24.6 Å². The number of sulfone groups is 1. The Labute approximate surface area is 161 Å². The standard InChI is InChI=1S/C19H31NO6S/c1-12-4-5-15-13(2)16(20-8-10-27(21,22)11-9-20)23-17-19(15)14(12)6-7-18(3,24-17)25-26-19/h12-17H,4-11H2,1-3H3. The van der Waals surface area contributed by atoms with Crippen LogP contribution in [0.1, 0.15) is 46.5 Å². The summed E-state index contributed by atoms with van der Waals surface area (Å²) in [5, 5.41) is 0. The largest absolute Gasteiger partial charge is 0.331 e. The average Bonchev–Trinajstić information content (AvgIpc) is 2.85. The molecule has 0 N–H and O–H groups in total. The molecule has 5 heterocycles. The zero-order valence-corrected chi connectivity index (χ0v) is 17.2. The minimum absolute atomic E-state index is 0.137. The van der Waals surface area contributed by atoms with Crippen LogP contribution in [0.4, 0.5) is 0 Å². The molecule has 6 rings (SSSR count). The van der Waals surface area contributed by atoms with E-state index in [2.05, 4.69) is 18.7 Å². The summed E-state index contributed by atoms with van der Waals surface area (Å²) in [5.41, 5.74) is -0.550. The van der Waals surface area contributed by atoms with Crippen molar-refractivity contribution in [2.45, 2.75) is 70.4 Å². The lowest BCUT2D eigenvalue weighted by Crippen LogP contribution is -2.72. The van der Waals surface area contributed by atoms with E-state index in [1.54, 1.807) is 0 Å². The SMILES string of the molecule is CC1CCC2C(C)C(N3CCS(=O)(=O)CC3)OC3OC4(C)CCC1C32OO4. The monoisotopic (exact) mass is 401 g/mol. The molecule has 5 saturated heterocycles. The van der Waals surface area contributed by atoms with E-state index in [1.165, 1.54) is 6.42 Å². The first kappa shape index (κ1) is 18.8. The highest BCUT2D eigenvalue weighted by Crippen LogP contribution is 2.60. The van der Waals surface area contributed by atoms with Gasteiger partial charge in [-0.05, 0) is 38.0 Å². The van der Waals surface area contributed by atoms with E-state index in [0.29, 0.717) is 24.9 Å². The normalized spacial score (nSPS) is 54.9. The summed E-state index contributed by atoms with van der Waals surface area (Å²) in [5.74, 6) is 1.05. The van der Waals surface area contributed by atoms with Crippen molar-refractivity contribution >= 4 is 9.84 Å². The van der Waals surface area contributed by atoms with Crippen molar-refractivity contribution < 1.29 is 27.7 Å². The second-order valence-corrected chi connectivity index (χ2v) is 11.8. The van der Waals surface area contributed by atoms with Gasteiger partial charge < -0.3 is 9.47 Å². The minimum Gasteiger partial charge on any atom is -0.331 e. The first-order valence-corrected chi connectivity index (χ1v) is 12.2. The van der Waals surface area contributed by atoms with Crippen molar-refractivity contribution in [3.63, 3.8) is 0 Å². The zero-order chi connectivity index (χ0) is 19.0. The van der Waals surface area contributed by atoms with Crippen molar-refractivity contribution in [1.29, 1.82) is 0 Å². The van der Waals surface area contributed by atoms with Gasteiger partial charge in [-0.3, -0.25) is 4.90 Å².